The number of hydrogen-bond acceptors (Lipinski definition) is 4. The summed E-state index contributed by atoms with van der Waals surface area (Å²) in [5, 5.41) is 0. The van der Waals surface area contributed by atoms with E-state index < -0.39 is 5.97 Å². The zero-order valence-corrected chi connectivity index (χ0v) is 14.8. The van der Waals surface area contributed by atoms with Crippen LogP contribution in [0.5, 0.6) is 0 Å². The summed E-state index contributed by atoms with van der Waals surface area (Å²) in [6.07, 6.45) is 2.33. The van der Waals surface area contributed by atoms with E-state index in [0.717, 1.165) is 21.1 Å². The molecule has 2 aromatic heterocycles. The maximum Gasteiger partial charge on any atom is 0.340 e. The number of hydrogen-bond donors (Lipinski definition) is 0. The van der Waals surface area contributed by atoms with Crippen LogP contribution in [0.25, 0.3) is 0 Å². The summed E-state index contributed by atoms with van der Waals surface area (Å²) in [5.74, 6) is -0.556. The smallest absolute Gasteiger partial charge is 0.340 e. The lowest BCUT2D eigenvalue weighted by Gasteiger charge is -2.08. The summed E-state index contributed by atoms with van der Waals surface area (Å²) in [7, 11) is 0. The lowest BCUT2D eigenvalue weighted by atomic mass is 10.2. The van der Waals surface area contributed by atoms with E-state index in [1.807, 2.05) is 39.8 Å². The molecule has 4 nitrogen and oxygen atoms in total. The first-order valence-electron chi connectivity index (χ1n) is 7.84. The molecule has 1 aliphatic carbocycles. The highest BCUT2D eigenvalue weighted by molar-refractivity contribution is 7.12. The highest BCUT2D eigenvalue weighted by Crippen LogP contribution is 2.38. The molecule has 1 saturated carbocycles. The number of Topliss-reactive ketones (excluding diaryl/α,β-unsaturated/α-hetero) is 1. The van der Waals surface area contributed by atoms with Gasteiger partial charge in [0.25, 0.3) is 0 Å². The number of aromatic nitrogens is 1. The normalized spacial score (nSPS) is 14.1. The molecule has 23 heavy (non-hydrogen) atoms. The van der Waals surface area contributed by atoms with Gasteiger partial charge in [-0.2, -0.15) is 0 Å². The number of thiophene rings is 1. The Hall–Kier alpha value is -1.88. The first kappa shape index (κ1) is 16.0. The number of carbonyl (C=O) groups excluding carboxylic acids is 2. The Morgan fingerprint density at radius 3 is 2.43 bits per heavy atom. The maximum atomic E-state index is 12.3. The summed E-state index contributed by atoms with van der Waals surface area (Å²) in [5.41, 5.74) is 3.24. The maximum absolute atomic E-state index is 12.3. The average Bonchev–Trinajstić information content (AvgIpc) is 3.19. The minimum atomic E-state index is -0.414. The standard InChI is InChI=1S/C18H21NO3S/c1-10-7-15(12(3)19(10)14-5-6-14)18(21)22-9-17(20)16-8-11(2)23-13(16)4/h7-8,14H,5-6,9H2,1-4H3. The zero-order valence-electron chi connectivity index (χ0n) is 13.9. The predicted molar refractivity (Wildman–Crippen MR) is 90.6 cm³/mol. The van der Waals surface area contributed by atoms with Crippen LogP contribution in [0.4, 0.5) is 0 Å². The number of carbonyl (C=O) groups is 2. The Labute approximate surface area is 140 Å². The van der Waals surface area contributed by atoms with Crippen LogP contribution >= 0.6 is 11.3 Å². The summed E-state index contributed by atoms with van der Waals surface area (Å²) >= 11 is 1.58. The first-order valence-corrected chi connectivity index (χ1v) is 8.66. The van der Waals surface area contributed by atoms with Gasteiger partial charge < -0.3 is 9.30 Å². The Balaban J connectivity index is 1.69. The van der Waals surface area contributed by atoms with Crippen molar-refractivity contribution in [2.24, 2.45) is 0 Å². The molecule has 0 bridgehead atoms. The largest absolute Gasteiger partial charge is 0.454 e. The molecule has 3 rings (SSSR count). The van der Waals surface area contributed by atoms with E-state index in [9.17, 15) is 9.59 Å². The van der Waals surface area contributed by atoms with Crippen molar-refractivity contribution >= 4 is 23.1 Å². The molecule has 0 saturated heterocycles. The van der Waals surface area contributed by atoms with Gasteiger partial charge in [0.1, 0.15) is 0 Å². The van der Waals surface area contributed by atoms with Crippen molar-refractivity contribution < 1.29 is 14.3 Å². The quantitative estimate of drug-likeness (QED) is 0.610. The fourth-order valence-electron chi connectivity index (χ4n) is 3.07. The van der Waals surface area contributed by atoms with Crippen LogP contribution in [-0.4, -0.2) is 22.9 Å². The van der Waals surface area contributed by atoms with E-state index >= 15 is 0 Å². The number of aryl methyl sites for hydroxylation is 3. The summed E-state index contributed by atoms with van der Waals surface area (Å²) in [4.78, 5) is 26.6. The van der Waals surface area contributed by atoms with Gasteiger partial charge in [-0.15, -0.1) is 11.3 Å². The molecule has 0 aliphatic heterocycles. The molecule has 1 fully saturated rings. The molecule has 0 spiro atoms. The second-order valence-electron chi connectivity index (χ2n) is 6.21. The lowest BCUT2D eigenvalue weighted by Crippen LogP contribution is -2.15. The van der Waals surface area contributed by atoms with Crippen molar-refractivity contribution in [2.75, 3.05) is 6.61 Å². The predicted octanol–water partition coefficient (Wildman–Crippen LogP) is 4.16. The van der Waals surface area contributed by atoms with E-state index in [-0.39, 0.29) is 12.4 Å². The molecule has 0 radical (unpaired) electrons. The number of esters is 1. The third kappa shape index (κ3) is 3.11. The number of nitrogens with zero attached hydrogens (tertiary/aromatic N) is 1. The van der Waals surface area contributed by atoms with Crippen molar-refractivity contribution in [3.05, 3.63) is 44.4 Å². The van der Waals surface area contributed by atoms with Crippen molar-refractivity contribution in [1.82, 2.24) is 4.57 Å². The molecule has 122 valence electrons. The fourth-order valence-corrected chi connectivity index (χ4v) is 4.02. The van der Waals surface area contributed by atoms with Gasteiger partial charge in [-0.3, -0.25) is 4.79 Å². The van der Waals surface area contributed by atoms with Gasteiger partial charge in [-0.05, 0) is 52.7 Å². The molecular weight excluding hydrogens is 310 g/mol. The van der Waals surface area contributed by atoms with Gasteiger partial charge in [0.05, 0.1) is 5.56 Å². The van der Waals surface area contributed by atoms with E-state index in [2.05, 4.69) is 4.57 Å². The third-order valence-corrected chi connectivity index (χ3v) is 5.26. The van der Waals surface area contributed by atoms with Crippen molar-refractivity contribution in [2.45, 2.75) is 46.6 Å². The van der Waals surface area contributed by atoms with Crippen LogP contribution in [0.3, 0.4) is 0 Å². The van der Waals surface area contributed by atoms with Gasteiger partial charge in [0, 0.05) is 32.7 Å². The topological polar surface area (TPSA) is 48.3 Å². The summed E-state index contributed by atoms with van der Waals surface area (Å²) < 4.78 is 7.46. The molecule has 2 heterocycles. The molecule has 5 heteroatoms. The molecule has 2 aromatic rings. The molecule has 0 unspecified atom stereocenters. The van der Waals surface area contributed by atoms with Gasteiger partial charge in [-0.25, -0.2) is 4.79 Å². The third-order valence-electron chi connectivity index (χ3n) is 4.29. The van der Waals surface area contributed by atoms with Crippen LogP contribution in [0, 0.1) is 27.7 Å². The number of ether oxygens (including phenoxy) is 1. The molecule has 0 aromatic carbocycles. The number of rotatable bonds is 5. The summed E-state index contributed by atoms with van der Waals surface area (Å²) in [6, 6.07) is 4.24. The van der Waals surface area contributed by atoms with Gasteiger partial charge in [0.15, 0.2) is 6.61 Å². The van der Waals surface area contributed by atoms with Crippen LogP contribution in [0.2, 0.25) is 0 Å². The van der Waals surface area contributed by atoms with Gasteiger partial charge in [0.2, 0.25) is 5.78 Å². The van der Waals surface area contributed by atoms with Gasteiger partial charge in [-0.1, -0.05) is 0 Å². The molecule has 0 amide bonds. The van der Waals surface area contributed by atoms with Crippen LogP contribution in [0.15, 0.2) is 12.1 Å². The van der Waals surface area contributed by atoms with Crippen LogP contribution in [0.1, 0.15) is 60.7 Å². The first-order chi connectivity index (χ1) is 10.9. The minimum Gasteiger partial charge on any atom is -0.454 e. The van der Waals surface area contributed by atoms with Crippen molar-refractivity contribution in [3.63, 3.8) is 0 Å². The lowest BCUT2D eigenvalue weighted by molar-refractivity contribution is 0.0474. The van der Waals surface area contributed by atoms with Crippen molar-refractivity contribution in [1.29, 1.82) is 0 Å². The van der Waals surface area contributed by atoms with E-state index in [4.69, 9.17) is 4.74 Å². The van der Waals surface area contributed by atoms with E-state index in [1.54, 1.807) is 11.3 Å². The molecule has 0 N–H and O–H groups in total. The molecular formula is C18H21NO3S. The minimum absolute atomic E-state index is 0.142. The highest BCUT2D eigenvalue weighted by atomic mass is 32.1. The number of ketones is 1. The van der Waals surface area contributed by atoms with Gasteiger partial charge >= 0.3 is 5.97 Å². The van der Waals surface area contributed by atoms with Crippen LogP contribution in [-0.2, 0) is 4.74 Å². The highest BCUT2D eigenvalue weighted by Gasteiger charge is 2.29. The van der Waals surface area contributed by atoms with Crippen LogP contribution < -0.4 is 0 Å². The summed E-state index contributed by atoms with van der Waals surface area (Å²) in [6.45, 7) is 7.62. The Bertz CT molecular complexity index is 781. The van der Waals surface area contributed by atoms with E-state index in [0.29, 0.717) is 17.2 Å². The molecule has 0 atom stereocenters. The SMILES string of the molecule is Cc1cc(C(=O)COC(=O)c2cc(C)n(C3CC3)c2C)c(C)s1. The fraction of sp³-hybridized carbons (Fsp3) is 0.444. The van der Waals surface area contributed by atoms with Crippen molar-refractivity contribution in [3.8, 4) is 0 Å². The Kier molecular flexibility index (Phi) is 4.15. The molecule has 1 aliphatic rings. The van der Waals surface area contributed by atoms with E-state index in [1.165, 1.54) is 12.8 Å². The Morgan fingerprint density at radius 2 is 1.87 bits per heavy atom. The zero-order chi connectivity index (χ0) is 16.7. The Morgan fingerprint density at radius 1 is 1.17 bits per heavy atom. The second kappa shape index (κ2) is 5.96. The second-order valence-corrected chi connectivity index (χ2v) is 7.67. The average molecular weight is 331 g/mol. The monoisotopic (exact) mass is 331 g/mol.